The highest BCUT2D eigenvalue weighted by Gasteiger charge is 2.16. The first kappa shape index (κ1) is 13.5. The van der Waals surface area contributed by atoms with Gasteiger partial charge in [-0.25, -0.2) is 4.79 Å². The molecule has 0 saturated heterocycles. The Hall–Kier alpha value is -2.90. The van der Waals surface area contributed by atoms with Crippen LogP contribution in [0.3, 0.4) is 0 Å². The van der Waals surface area contributed by atoms with Crippen molar-refractivity contribution in [2.75, 3.05) is 12.4 Å². The minimum Gasteiger partial charge on any atom is -0.497 e. The molecule has 2 aromatic rings. The van der Waals surface area contributed by atoms with Crippen molar-refractivity contribution in [3.63, 3.8) is 0 Å². The fraction of sp³-hybridized carbons (Fsp3) is 0.167. The van der Waals surface area contributed by atoms with Crippen molar-refractivity contribution in [1.82, 2.24) is 15.0 Å². The Kier molecular flexibility index (Phi) is 3.65. The summed E-state index contributed by atoms with van der Waals surface area (Å²) >= 11 is 0. The van der Waals surface area contributed by atoms with Crippen LogP contribution in [0.25, 0.3) is 0 Å². The van der Waals surface area contributed by atoms with Crippen molar-refractivity contribution in [2.45, 2.75) is 0 Å². The molecule has 0 bridgehead atoms. The molecule has 0 fully saturated rings. The fourth-order valence-corrected chi connectivity index (χ4v) is 1.58. The Labute approximate surface area is 114 Å². The molecule has 1 amide bonds. The van der Waals surface area contributed by atoms with Crippen molar-refractivity contribution < 1.29 is 19.4 Å². The number of carbonyl (C=O) groups excluding carboxylic acids is 1. The Morgan fingerprint density at radius 3 is 2.70 bits per heavy atom. The average Bonchev–Trinajstić information content (AvgIpc) is 2.85. The minimum atomic E-state index is -1.15. The average molecular weight is 276 g/mol. The molecule has 0 aliphatic carbocycles. The normalized spacial score (nSPS) is 10.1. The number of ether oxygens (including phenoxy) is 1. The van der Waals surface area contributed by atoms with Crippen LogP contribution in [0.2, 0.25) is 0 Å². The lowest BCUT2D eigenvalue weighted by molar-refractivity contribution is 0.0698. The van der Waals surface area contributed by atoms with Crippen LogP contribution >= 0.6 is 0 Å². The van der Waals surface area contributed by atoms with E-state index < -0.39 is 11.9 Å². The highest BCUT2D eigenvalue weighted by atomic mass is 16.5. The van der Waals surface area contributed by atoms with E-state index >= 15 is 0 Å². The molecule has 0 aliphatic rings. The Balaban J connectivity index is 2.31. The molecule has 0 saturated carbocycles. The Morgan fingerprint density at radius 2 is 2.15 bits per heavy atom. The van der Waals surface area contributed by atoms with Crippen LogP contribution in [0.5, 0.6) is 5.75 Å². The van der Waals surface area contributed by atoms with E-state index in [0.29, 0.717) is 5.75 Å². The molecule has 1 heterocycles. The Bertz CT molecular complexity index is 665. The molecule has 8 heteroatoms. The number of nitrogens with zero attached hydrogens (tertiary/aromatic N) is 3. The summed E-state index contributed by atoms with van der Waals surface area (Å²) in [4.78, 5) is 23.1. The number of hydrogen-bond acceptors (Lipinski definition) is 5. The van der Waals surface area contributed by atoms with Gasteiger partial charge in [-0.15, -0.1) is 5.10 Å². The van der Waals surface area contributed by atoms with E-state index in [0.717, 1.165) is 0 Å². The molecular weight excluding hydrogens is 264 g/mol. The molecule has 8 nitrogen and oxygen atoms in total. The minimum absolute atomic E-state index is 0.0389. The van der Waals surface area contributed by atoms with Crippen LogP contribution in [0.4, 0.5) is 5.69 Å². The summed E-state index contributed by atoms with van der Waals surface area (Å²) in [6.07, 6.45) is 1.43. The molecule has 0 radical (unpaired) electrons. The van der Waals surface area contributed by atoms with E-state index in [2.05, 4.69) is 15.6 Å². The van der Waals surface area contributed by atoms with Gasteiger partial charge in [0.2, 0.25) is 0 Å². The summed E-state index contributed by atoms with van der Waals surface area (Å²) in [5.74, 6) is -1.26. The number of aryl methyl sites for hydroxylation is 1. The van der Waals surface area contributed by atoms with Gasteiger partial charge in [-0.1, -0.05) is 5.21 Å². The number of hydrogen-bond donors (Lipinski definition) is 2. The highest BCUT2D eigenvalue weighted by Crippen LogP contribution is 2.23. The van der Waals surface area contributed by atoms with Gasteiger partial charge in [0.05, 0.1) is 24.6 Å². The van der Waals surface area contributed by atoms with E-state index in [-0.39, 0.29) is 16.9 Å². The van der Waals surface area contributed by atoms with Gasteiger partial charge in [0.25, 0.3) is 5.91 Å². The monoisotopic (exact) mass is 276 g/mol. The summed E-state index contributed by atoms with van der Waals surface area (Å²) in [6.45, 7) is 0. The van der Waals surface area contributed by atoms with Crippen LogP contribution in [0.1, 0.15) is 20.8 Å². The lowest BCUT2D eigenvalue weighted by atomic mass is 10.1. The van der Waals surface area contributed by atoms with Crippen molar-refractivity contribution in [1.29, 1.82) is 0 Å². The quantitative estimate of drug-likeness (QED) is 0.854. The number of aromatic nitrogens is 3. The maximum atomic E-state index is 11.9. The van der Waals surface area contributed by atoms with Gasteiger partial charge < -0.3 is 15.2 Å². The number of anilines is 1. The molecule has 0 aliphatic heterocycles. The molecule has 0 atom stereocenters. The number of amides is 1. The van der Waals surface area contributed by atoms with Gasteiger partial charge in [-0.05, 0) is 12.1 Å². The van der Waals surface area contributed by atoms with Crippen molar-refractivity contribution in [3.8, 4) is 5.75 Å². The summed E-state index contributed by atoms with van der Waals surface area (Å²) in [5.41, 5.74) is 0.183. The second kappa shape index (κ2) is 5.39. The summed E-state index contributed by atoms with van der Waals surface area (Å²) < 4.78 is 6.38. The molecule has 20 heavy (non-hydrogen) atoms. The molecule has 0 unspecified atom stereocenters. The summed E-state index contributed by atoms with van der Waals surface area (Å²) in [6, 6.07) is 4.28. The zero-order valence-corrected chi connectivity index (χ0v) is 10.8. The topological polar surface area (TPSA) is 106 Å². The molecule has 1 aromatic carbocycles. The molecule has 1 aromatic heterocycles. The van der Waals surface area contributed by atoms with E-state index in [4.69, 9.17) is 9.84 Å². The van der Waals surface area contributed by atoms with Gasteiger partial charge in [0.15, 0.2) is 5.69 Å². The van der Waals surface area contributed by atoms with Crippen LogP contribution in [-0.4, -0.2) is 39.1 Å². The number of methoxy groups -OCH3 is 1. The zero-order valence-electron chi connectivity index (χ0n) is 10.8. The Morgan fingerprint density at radius 1 is 1.40 bits per heavy atom. The van der Waals surface area contributed by atoms with Crippen LogP contribution < -0.4 is 10.1 Å². The number of carboxylic acid groups (broad SMARTS) is 1. The van der Waals surface area contributed by atoms with Gasteiger partial charge in [-0.2, -0.15) is 0 Å². The van der Waals surface area contributed by atoms with Gasteiger partial charge in [0.1, 0.15) is 5.75 Å². The first-order chi connectivity index (χ1) is 9.51. The standard InChI is InChI=1S/C12H12N4O4/c1-16-6-10(14-15-16)11(17)13-9-5-7(20-2)3-4-8(9)12(18)19/h3-6H,1-2H3,(H,13,17)(H,18,19). The lowest BCUT2D eigenvalue weighted by Gasteiger charge is -2.09. The van der Waals surface area contributed by atoms with Crippen LogP contribution in [0, 0.1) is 0 Å². The third-order valence-electron chi connectivity index (χ3n) is 2.54. The first-order valence-electron chi connectivity index (χ1n) is 5.60. The number of rotatable bonds is 4. The zero-order chi connectivity index (χ0) is 14.7. The molecule has 2 rings (SSSR count). The third kappa shape index (κ3) is 2.74. The van der Waals surface area contributed by atoms with Crippen LogP contribution in [-0.2, 0) is 7.05 Å². The molecular formula is C12H12N4O4. The van der Waals surface area contributed by atoms with E-state index in [1.165, 1.54) is 36.2 Å². The maximum Gasteiger partial charge on any atom is 0.337 e. The van der Waals surface area contributed by atoms with Gasteiger partial charge in [-0.3, -0.25) is 9.48 Å². The second-order valence-corrected chi connectivity index (χ2v) is 3.95. The van der Waals surface area contributed by atoms with Gasteiger partial charge in [0, 0.05) is 13.1 Å². The predicted octanol–water partition coefficient (Wildman–Crippen LogP) is 0.774. The molecule has 2 N–H and O–H groups in total. The number of nitrogens with one attached hydrogen (secondary N) is 1. The lowest BCUT2D eigenvalue weighted by Crippen LogP contribution is -2.15. The predicted molar refractivity (Wildman–Crippen MR) is 68.9 cm³/mol. The number of aromatic carboxylic acids is 1. The summed E-state index contributed by atoms with van der Waals surface area (Å²) in [7, 11) is 3.07. The molecule has 0 spiro atoms. The molecule has 104 valence electrons. The highest BCUT2D eigenvalue weighted by molar-refractivity contribution is 6.06. The SMILES string of the molecule is COc1ccc(C(=O)O)c(NC(=O)c2cn(C)nn2)c1. The van der Waals surface area contributed by atoms with Crippen LogP contribution in [0.15, 0.2) is 24.4 Å². The third-order valence-corrected chi connectivity index (χ3v) is 2.54. The second-order valence-electron chi connectivity index (χ2n) is 3.95. The first-order valence-corrected chi connectivity index (χ1v) is 5.60. The maximum absolute atomic E-state index is 11.9. The van der Waals surface area contributed by atoms with E-state index in [1.807, 2.05) is 0 Å². The van der Waals surface area contributed by atoms with E-state index in [1.54, 1.807) is 7.05 Å². The van der Waals surface area contributed by atoms with Gasteiger partial charge >= 0.3 is 5.97 Å². The van der Waals surface area contributed by atoms with Crippen molar-refractivity contribution in [3.05, 3.63) is 35.7 Å². The van der Waals surface area contributed by atoms with E-state index in [9.17, 15) is 9.59 Å². The van der Waals surface area contributed by atoms with Crippen molar-refractivity contribution in [2.24, 2.45) is 7.05 Å². The van der Waals surface area contributed by atoms with Crippen molar-refractivity contribution >= 4 is 17.6 Å². The fourth-order valence-electron chi connectivity index (χ4n) is 1.58. The largest absolute Gasteiger partial charge is 0.497 e. The smallest absolute Gasteiger partial charge is 0.337 e. The number of benzene rings is 1. The number of carboxylic acids is 1. The summed E-state index contributed by atoms with van der Waals surface area (Å²) in [5, 5.41) is 18.9. The number of carbonyl (C=O) groups is 2.